The van der Waals surface area contributed by atoms with Crippen LogP contribution >= 0.6 is 0 Å². The molecule has 0 spiro atoms. The minimum Gasteiger partial charge on any atom is -0.494 e. The van der Waals surface area contributed by atoms with Gasteiger partial charge in [0.05, 0.1) is 25.3 Å². The summed E-state index contributed by atoms with van der Waals surface area (Å²) in [5, 5.41) is 16.2. The third-order valence-electron chi connectivity index (χ3n) is 2.25. The lowest BCUT2D eigenvalue weighted by atomic mass is 10.2. The van der Waals surface area contributed by atoms with E-state index in [0.717, 1.165) is 0 Å². The highest BCUT2D eigenvalue weighted by molar-refractivity contribution is 5.67. The van der Waals surface area contributed by atoms with E-state index in [9.17, 15) is 4.79 Å². The van der Waals surface area contributed by atoms with Gasteiger partial charge in [-0.05, 0) is 6.07 Å². The van der Waals surface area contributed by atoms with Gasteiger partial charge in [0, 0.05) is 12.6 Å². The molecule has 2 aromatic rings. The predicted octanol–water partition coefficient (Wildman–Crippen LogP) is 1.16. The maximum Gasteiger partial charge on any atom is 0.303 e. The minimum absolute atomic E-state index is 0.0465. The Bertz CT molecular complexity index is 553. The van der Waals surface area contributed by atoms with Crippen LogP contribution in [0.4, 0.5) is 0 Å². The minimum atomic E-state index is -0.906. The zero-order chi connectivity index (χ0) is 13.0. The molecule has 18 heavy (non-hydrogen) atoms. The average Bonchev–Trinajstić information content (AvgIpc) is 2.85. The first kappa shape index (κ1) is 12.0. The monoisotopic (exact) mass is 249 g/mol. The molecule has 0 atom stereocenters. The first-order valence-electron chi connectivity index (χ1n) is 5.23. The summed E-state index contributed by atoms with van der Waals surface area (Å²) in [4.78, 5) is 14.3. The van der Waals surface area contributed by atoms with Crippen LogP contribution in [-0.4, -0.2) is 33.4 Å². The number of hydrogen-bond acceptors (Lipinski definition) is 6. The number of aromatic nitrogens is 3. The molecule has 7 nitrogen and oxygen atoms in total. The average molecular weight is 249 g/mol. The Kier molecular flexibility index (Phi) is 3.52. The Morgan fingerprint density at radius 2 is 2.33 bits per heavy atom. The van der Waals surface area contributed by atoms with Crippen molar-refractivity contribution >= 4 is 5.97 Å². The SMILES string of the molecule is COc1cnccc1-c1nnc(CCC(=O)O)o1. The van der Waals surface area contributed by atoms with Gasteiger partial charge in [-0.3, -0.25) is 9.78 Å². The van der Waals surface area contributed by atoms with Crippen LogP contribution in [0.3, 0.4) is 0 Å². The largest absolute Gasteiger partial charge is 0.494 e. The smallest absolute Gasteiger partial charge is 0.303 e. The maximum atomic E-state index is 10.4. The lowest BCUT2D eigenvalue weighted by molar-refractivity contribution is -0.137. The van der Waals surface area contributed by atoms with E-state index in [2.05, 4.69) is 15.2 Å². The van der Waals surface area contributed by atoms with Gasteiger partial charge in [0.25, 0.3) is 5.89 Å². The molecule has 2 rings (SSSR count). The molecule has 2 heterocycles. The molecule has 0 saturated heterocycles. The molecule has 0 aliphatic carbocycles. The molecule has 0 saturated carbocycles. The van der Waals surface area contributed by atoms with Crippen LogP contribution in [0, 0.1) is 0 Å². The van der Waals surface area contributed by atoms with Crippen molar-refractivity contribution in [1.82, 2.24) is 15.2 Å². The first-order valence-corrected chi connectivity index (χ1v) is 5.23. The van der Waals surface area contributed by atoms with Crippen LogP contribution < -0.4 is 4.74 Å². The van der Waals surface area contributed by atoms with Gasteiger partial charge in [0.15, 0.2) is 0 Å². The molecule has 1 N–H and O–H groups in total. The van der Waals surface area contributed by atoms with Gasteiger partial charge in [0.1, 0.15) is 5.75 Å². The van der Waals surface area contributed by atoms with E-state index < -0.39 is 5.97 Å². The normalized spacial score (nSPS) is 10.3. The second-order valence-corrected chi connectivity index (χ2v) is 3.47. The van der Waals surface area contributed by atoms with Crippen molar-refractivity contribution in [2.24, 2.45) is 0 Å². The number of aryl methyl sites for hydroxylation is 1. The molecule has 0 bridgehead atoms. The summed E-state index contributed by atoms with van der Waals surface area (Å²) in [5.41, 5.74) is 0.626. The van der Waals surface area contributed by atoms with Crippen molar-refractivity contribution in [3.05, 3.63) is 24.4 Å². The second-order valence-electron chi connectivity index (χ2n) is 3.47. The van der Waals surface area contributed by atoms with Gasteiger partial charge >= 0.3 is 5.97 Å². The summed E-state index contributed by atoms with van der Waals surface area (Å²) in [6.45, 7) is 0. The number of rotatable bonds is 5. The maximum absolute atomic E-state index is 10.4. The van der Waals surface area contributed by atoms with Crippen molar-refractivity contribution < 1.29 is 19.1 Å². The summed E-state index contributed by atoms with van der Waals surface area (Å²) < 4.78 is 10.5. The number of carboxylic acids is 1. The standard InChI is InChI=1S/C11H11N3O4/c1-17-8-6-12-5-4-7(8)11-14-13-9(18-11)2-3-10(15)16/h4-6H,2-3H2,1H3,(H,15,16). The van der Waals surface area contributed by atoms with E-state index in [1.807, 2.05) is 0 Å². The number of nitrogens with zero attached hydrogens (tertiary/aromatic N) is 3. The molecule has 0 aliphatic heterocycles. The van der Waals surface area contributed by atoms with E-state index in [-0.39, 0.29) is 24.6 Å². The van der Waals surface area contributed by atoms with E-state index in [1.165, 1.54) is 13.3 Å². The van der Waals surface area contributed by atoms with Crippen molar-refractivity contribution in [3.8, 4) is 17.2 Å². The fourth-order valence-electron chi connectivity index (χ4n) is 1.40. The molecule has 0 fully saturated rings. The van der Waals surface area contributed by atoms with E-state index in [4.69, 9.17) is 14.3 Å². The molecule has 0 aliphatic rings. The van der Waals surface area contributed by atoms with Gasteiger partial charge in [0.2, 0.25) is 5.89 Å². The second kappa shape index (κ2) is 5.26. The highest BCUT2D eigenvalue weighted by Crippen LogP contribution is 2.27. The Labute approximate surface area is 102 Å². The highest BCUT2D eigenvalue weighted by atomic mass is 16.5. The number of hydrogen-bond donors (Lipinski definition) is 1. The summed E-state index contributed by atoms with van der Waals surface area (Å²) in [7, 11) is 1.52. The van der Waals surface area contributed by atoms with Crippen LogP contribution in [0.15, 0.2) is 22.9 Å². The molecular weight excluding hydrogens is 238 g/mol. The quantitative estimate of drug-likeness (QED) is 0.848. The van der Waals surface area contributed by atoms with Gasteiger partial charge < -0.3 is 14.3 Å². The van der Waals surface area contributed by atoms with Crippen molar-refractivity contribution in [3.63, 3.8) is 0 Å². The number of ether oxygens (including phenoxy) is 1. The van der Waals surface area contributed by atoms with Crippen LogP contribution in [0.1, 0.15) is 12.3 Å². The topological polar surface area (TPSA) is 98.3 Å². The number of methoxy groups -OCH3 is 1. The summed E-state index contributed by atoms with van der Waals surface area (Å²) >= 11 is 0. The summed E-state index contributed by atoms with van der Waals surface area (Å²) in [6, 6.07) is 1.69. The lowest BCUT2D eigenvalue weighted by Crippen LogP contribution is -1.97. The summed E-state index contributed by atoms with van der Waals surface area (Å²) in [6.07, 6.45) is 3.28. The fraction of sp³-hybridized carbons (Fsp3) is 0.273. The Balaban J connectivity index is 2.21. The molecule has 0 radical (unpaired) electrons. The van der Waals surface area contributed by atoms with Gasteiger partial charge in [-0.2, -0.15) is 0 Å². The first-order chi connectivity index (χ1) is 8.70. The molecular formula is C11H11N3O4. The zero-order valence-electron chi connectivity index (χ0n) is 9.66. The highest BCUT2D eigenvalue weighted by Gasteiger charge is 2.13. The summed E-state index contributed by atoms with van der Waals surface area (Å²) in [5.74, 6) is 0.183. The lowest BCUT2D eigenvalue weighted by Gasteiger charge is -2.02. The van der Waals surface area contributed by atoms with Crippen LogP contribution in [0.5, 0.6) is 5.75 Å². The van der Waals surface area contributed by atoms with Gasteiger partial charge in [-0.1, -0.05) is 0 Å². The number of carboxylic acid groups (broad SMARTS) is 1. The molecule has 0 aromatic carbocycles. The Morgan fingerprint density at radius 1 is 1.50 bits per heavy atom. The number of carbonyl (C=O) groups is 1. The Hall–Kier alpha value is -2.44. The molecule has 2 aromatic heterocycles. The fourth-order valence-corrected chi connectivity index (χ4v) is 1.40. The van der Waals surface area contributed by atoms with E-state index in [0.29, 0.717) is 11.3 Å². The van der Waals surface area contributed by atoms with Crippen molar-refractivity contribution in [2.45, 2.75) is 12.8 Å². The number of aliphatic carboxylic acids is 1. The van der Waals surface area contributed by atoms with Crippen molar-refractivity contribution in [2.75, 3.05) is 7.11 Å². The molecule has 0 amide bonds. The third-order valence-corrected chi connectivity index (χ3v) is 2.25. The third kappa shape index (κ3) is 2.62. The molecule has 7 heteroatoms. The van der Waals surface area contributed by atoms with Crippen LogP contribution in [-0.2, 0) is 11.2 Å². The van der Waals surface area contributed by atoms with Crippen molar-refractivity contribution in [1.29, 1.82) is 0 Å². The van der Waals surface area contributed by atoms with Gasteiger partial charge in [-0.25, -0.2) is 0 Å². The van der Waals surface area contributed by atoms with E-state index >= 15 is 0 Å². The zero-order valence-corrected chi connectivity index (χ0v) is 9.66. The van der Waals surface area contributed by atoms with Crippen LogP contribution in [0.25, 0.3) is 11.5 Å². The van der Waals surface area contributed by atoms with Crippen LogP contribution in [0.2, 0.25) is 0 Å². The molecule has 94 valence electrons. The Morgan fingerprint density at radius 3 is 3.06 bits per heavy atom. The number of pyridine rings is 1. The van der Waals surface area contributed by atoms with Gasteiger partial charge in [-0.15, -0.1) is 10.2 Å². The predicted molar refractivity (Wildman–Crippen MR) is 60.0 cm³/mol. The molecule has 0 unspecified atom stereocenters. The van der Waals surface area contributed by atoms with E-state index in [1.54, 1.807) is 12.3 Å².